The number of fused-ring (bicyclic) bond motifs is 2. The molecule has 0 aromatic heterocycles. The van der Waals surface area contributed by atoms with Gasteiger partial charge in [-0.1, -0.05) is 48.5 Å². The van der Waals surface area contributed by atoms with Crippen LogP contribution in [0, 0.1) is 17.8 Å². The van der Waals surface area contributed by atoms with Gasteiger partial charge in [-0.25, -0.2) is 9.98 Å². The lowest BCUT2D eigenvalue weighted by Gasteiger charge is -2.37. The van der Waals surface area contributed by atoms with Crippen LogP contribution in [0.3, 0.4) is 0 Å². The van der Waals surface area contributed by atoms with Crippen LogP contribution >= 0.6 is 0 Å². The Bertz CT molecular complexity index is 1100. The third-order valence-corrected chi connectivity index (χ3v) is 7.57. The number of aliphatic hydroxyl groups excluding tert-OH is 3. The van der Waals surface area contributed by atoms with Crippen molar-refractivity contribution in [1.82, 2.24) is 4.90 Å². The van der Waals surface area contributed by atoms with Gasteiger partial charge in [-0.3, -0.25) is 0 Å². The average Bonchev–Trinajstić information content (AvgIpc) is 3.37. The minimum atomic E-state index is -0.936. The number of benzene rings is 2. The number of anilines is 1. The van der Waals surface area contributed by atoms with Crippen LogP contribution in [0.1, 0.15) is 12.0 Å². The summed E-state index contributed by atoms with van der Waals surface area (Å²) in [5.74, 6) is 0.370. The van der Waals surface area contributed by atoms with Crippen molar-refractivity contribution in [2.75, 3.05) is 11.9 Å². The monoisotopic (exact) mass is 430 g/mol. The van der Waals surface area contributed by atoms with E-state index >= 15 is 0 Å². The first-order chi connectivity index (χ1) is 15.6. The molecule has 7 nitrogen and oxygen atoms in total. The van der Waals surface area contributed by atoms with Crippen molar-refractivity contribution in [1.29, 1.82) is 0 Å². The van der Waals surface area contributed by atoms with Crippen molar-refractivity contribution in [2.45, 2.75) is 30.3 Å². The zero-order chi connectivity index (χ0) is 21.9. The van der Waals surface area contributed by atoms with Crippen molar-refractivity contribution in [2.24, 2.45) is 27.7 Å². The van der Waals surface area contributed by atoms with Gasteiger partial charge in [0.25, 0.3) is 0 Å². The van der Waals surface area contributed by atoms with Gasteiger partial charge in [-0.15, -0.1) is 0 Å². The molecule has 7 heteroatoms. The molecule has 2 fully saturated rings. The Kier molecular flexibility index (Phi) is 4.47. The summed E-state index contributed by atoms with van der Waals surface area (Å²) in [6.45, 7) is -0.132. The smallest absolute Gasteiger partial charge is 0.137 e. The second-order valence-electron chi connectivity index (χ2n) is 9.10. The molecule has 2 aromatic rings. The van der Waals surface area contributed by atoms with Crippen molar-refractivity contribution >= 4 is 23.4 Å². The van der Waals surface area contributed by atoms with Crippen LogP contribution < -0.4 is 5.32 Å². The topological polar surface area (TPSA) is 101 Å². The maximum Gasteiger partial charge on any atom is 0.137 e. The molecule has 4 N–H and O–H groups in total. The highest BCUT2D eigenvalue weighted by molar-refractivity contribution is 6.09. The first kappa shape index (κ1) is 19.7. The summed E-state index contributed by atoms with van der Waals surface area (Å²) in [6, 6.07) is 20.1. The molecule has 2 saturated carbocycles. The zero-order valence-electron chi connectivity index (χ0n) is 17.5. The van der Waals surface area contributed by atoms with E-state index in [1.807, 2.05) is 48.5 Å². The minimum absolute atomic E-state index is 0.0316. The Hall–Kier alpha value is -3.00. The molecule has 4 unspecified atom stereocenters. The molecule has 2 heterocycles. The van der Waals surface area contributed by atoms with Crippen molar-refractivity contribution in [3.63, 3.8) is 0 Å². The van der Waals surface area contributed by atoms with E-state index in [1.165, 1.54) is 0 Å². The highest BCUT2D eigenvalue weighted by atomic mass is 16.3. The van der Waals surface area contributed by atoms with E-state index in [2.05, 4.69) is 33.5 Å². The fraction of sp³-hybridized carbons (Fsp3) is 0.360. The minimum Gasteiger partial charge on any atom is -0.396 e. The molecule has 2 aliphatic heterocycles. The third-order valence-electron chi connectivity index (χ3n) is 7.57. The predicted octanol–water partition coefficient (Wildman–Crippen LogP) is 1.94. The van der Waals surface area contributed by atoms with Gasteiger partial charge >= 0.3 is 0 Å². The number of aliphatic hydroxyl groups is 3. The van der Waals surface area contributed by atoms with E-state index in [4.69, 9.17) is 4.99 Å². The van der Waals surface area contributed by atoms with Gasteiger partial charge in [-0.05, 0) is 35.6 Å². The fourth-order valence-corrected chi connectivity index (χ4v) is 5.96. The predicted molar refractivity (Wildman–Crippen MR) is 123 cm³/mol. The lowest BCUT2D eigenvalue weighted by Crippen LogP contribution is -2.51. The molecule has 0 radical (unpaired) electrons. The van der Waals surface area contributed by atoms with E-state index in [-0.39, 0.29) is 30.5 Å². The van der Waals surface area contributed by atoms with Crippen LogP contribution in [-0.4, -0.2) is 62.9 Å². The van der Waals surface area contributed by atoms with Crippen LogP contribution in [0.5, 0.6) is 0 Å². The summed E-state index contributed by atoms with van der Waals surface area (Å²) in [5, 5.41) is 34.9. The van der Waals surface area contributed by atoms with E-state index in [0.717, 1.165) is 29.1 Å². The van der Waals surface area contributed by atoms with Crippen LogP contribution in [0.4, 0.5) is 5.69 Å². The highest BCUT2D eigenvalue weighted by Crippen LogP contribution is 2.64. The highest BCUT2D eigenvalue weighted by Gasteiger charge is 2.74. The van der Waals surface area contributed by atoms with Crippen molar-refractivity contribution in [3.05, 3.63) is 72.4 Å². The number of para-hydroxylation sites is 1. The number of rotatable bonds is 4. The molecular formula is C25H26N4O3. The van der Waals surface area contributed by atoms with Gasteiger partial charge in [0.15, 0.2) is 0 Å². The number of nitrogens with zero attached hydrogens (tertiary/aromatic N) is 3. The molecule has 164 valence electrons. The summed E-state index contributed by atoms with van der Waals surface area (Å²) in [5.41, 5.74) is 2.48. The van der Waals surface area contributed by atoms with Crippen molar-refractivity contribution < 1.29 is 15.3 Å². The van der Waals surface area contributed by atoms with Crippen LogP contribution in [0.15, 0.2) is 76.8 Å². The Labute approximate surface area is 186 Å². The lowest BCUT2D eigenvalue weighted by atomic mass is 9.91. The van der Waals surface area contributed by atoms with Crippen LogP contribution in [-0.2, 0) is 0 Å². The molecule has 32 heavy (non-hydrogen) atoms. The lowest BCUT2D eigenvalue weighted by molar-refractivity contribution is -0.0415. The molecule has 0 bridgehead atoms. The molecule has 0 spiro atoms. The summed E-state index contributed by atoms with van der Waals surface area (Å²) in [6.07, 6.45) is 2.25. The molecule has 2 aromatic carbocycles. The largest absolute Gasteiger partial charge is 0.396 e. The number of aliphatic imine (C=N–C) groups is 2. The van der Waals surface area contributed by atoms with Crippen LogP contribution in [0.25, 0.3) is 5.57 Å². The molecule has 0 saturated heterocycles. The first-order valence-electron chi connectivity index (χ1n) is 11.1. The van der Waals surface area contributed by atoms with E-state index in [1.54, 1.807) is 6.34 Å². The second kappa shape index (κ2) is 7.27. The standard InChI is InChI=1S/C25H26N4O3/c30-13-18-19-11-25(19,22(32)21(18)31)29-12-17(15-7-3-1-4-8-15)20-23(26-14-27-24(20)29)28-16-9-5-2-6-10-16/h1-10,12,14,18-22,24,30-32H,11,13H2,(H,26,27,28)/t18-,19-,20?,21?,22?,24?,25+/m0/s1. The Morgan fingerprint density at radius 1 is 1.03 bits per heavy atom. The molecule has 0 amide bonds. The summed E-state index contributed by atoms with van der Waals surface area (Å²) >= 11 is 0. The van der Waals surface area contributed by atoms with Gasteiger partial charge in [0.1, 0.15) is 24.4 Å². The Balaban J connectivity index is 1.41. The second-order valence-corrected chi connectivity index (χ2v) is 9.10. The van der Waals surface area contributed by atoms with Gasteiger partial charge in [0.2, 0.25) is 0 Å². The number of amidine groups is 1. The van der Waals surface area contributed by atoms with Crippen LogP contribution in [0.2, 0.25) is 0 Å². The summed E-state index contributed by atoms with van der Waals surface area (Å²) in [7, 11) is 0. The maximum atomic E-state index is 11.0. The Morgan fingerprint density at radius 3 is 2.44 bits per heavy atom. The van der Waals surface area contributed by atoms with E-state index in [9.17, 15) is 15.3 Å². The SMILES string of the molecule is OC[C@@H]1C(O)C(O)[C@@]2(N3C=C(c4ccccc4)C4C(Nc5ccccc5)=NC=NC43)C[C@@H]12. The maximum absolute atomic E-state index is 11.0. The molecule has 4 aliphatic rings. The number of nitrogens with one attached hydrogen (secondary N) is 1. The molecule has 7 atom stereocenters. The average molecular weight is 431 g/mol. The van der Waals surface area contributed by atoms with E-state index < -0.39 is 17.7 Å². The zero-order valence-corrected chi connectivity index (χ0v) is 17.5. The summed E-state index contributed by atoms with van der Waals surface area (Å²) in [4.78, 5) is 11.5. The molecule has 2 aliphatic carbocycles. The Morgan fingerprint density at radius 2 is 1.75 bits per heavy atom. The quantitative estimate of drug-likeness (QED) is 0.594. The normalized spacial score (nSPS) is 36.9. The molecule has 6 rings (SSSR count). The number of hydrogen-bond acceptors (Lipinski definition) is 7. The van der Waals surface area contributed by atoms with Gasteiger partial charge < -0.3 is 25.5 Å². The van der Waals surface area contributed by atoms with Crippen molar-refractivity contribution in [3.8, 4) is 0 Å². The fourth-order valence-electron chi connectivity index (χ4n) is 5.96. The third kappa shape index (κ3) is 2.71. The summed E-state index contributed by atoms with van der Waals surface area (Å²) < 4.78 is 0. The van der Waals surface area contributed by atoms with Gasteiger partial charge in [0.05, 0.1) is 17.6 Å². The number of hydrogen-bond donors (Lipinski definition) is 4. The first-order valence-corrected chi connectivity index (χ1v) is 11.1. The van der Waals surface area contributed by atoms with Gasteiger partial charge in [-0.2, -0.15) is 0 Å². The molecular weight excluding hydrogens is 404 g/mol. The van der Waals surface area contributed by atoms with E-state index in [0.29, 0.717) is 0 Å². The van der Waals surface area contributed by atoms with Gasteiger partial charge in [0, 0.05) is 24.4 Å².